The number of amides is 2. The number of benzene rings is 3. The lowest BCUT2D eigenvalue weighted by molar-refractivity contribution is -0.123. The van der Waals surface area contributed by atoms with Crippen LogP contribution >= 0.6 is 11.8 Å². The normalized spacial score (nSPS) is 15.4. The predicted octanol–water partition coefficient (Wildman–Crippen LogP) is 6.26. The van der Waals surface area contributed by atoms with Crippen LogP contribution in [0.5, 0.6) is 5.75 Å². The van der Waals surface area contributed by atoms with Crippen LogP contribution in [-0.4, -0.2) is 22.7 Å². The predicted molar refractivity (Wildman–Crippen MR) is 122 cm³/mol. The van der Waals surface area contributed by atoms with E-state index in [4.69, 9.17) is 4.74 Å². The third kappa shape index (κ3) is 4.26. The van der Waals surface area contributed by atoms with Gasteiger partial charge >= 0.3 is 0 Å². The molecule has 0 bridgehead atoms. The van der Waals surface area contributed by atoms with Crippen molar-refractivity contribution in [2.45, 2.75) is 26.3 Å². The molecule has 0 radical (unpaired) electrons. The third-order valence-corrected chi connectivity index (χ3v) is 5.93. The summed E-state index contributed by atoms with van der Waals surface area (Å²) in [4.78, 5) is 27.3. The molecule has 30 heavy (non-hydrogen) atoms. The van der Waals surface area contributed by atoms with Gasteiger partial charge in [0.25, 0.3) is 11.1 Å². The minimum absolute atomic E-state index is 0.246. The molecule has 1 fully saturated rings. The molecule has 1 heterocycles. The van der Waals surface area contributed by atoms with Crippen LogP contribution in [0.2, 0.25) is 0 Å². The molecule has 4 nitrogen and oxygen atoms in total. The SMILES string of the molecule is CCCCOc1ccc2ccccc2c1/C=C1\SC(=O)N(Cc2ccccc2)C1=O. The summed E-state index contributed by atoms with van der Waals surface area (Å²) in [5.41, 5.74) is 1.77. The van der Waals surface area contributed by atoms with Crippen LogP contribution < -0.4 is 4.74 Å². The van der Waals surface area contributed by atoms with Crippen molar-refractivity contribution in [2.75, 3.05) is 6.61 Å². The van der Waals surface area contributed by atoms with Crippen LogP contribution in [0, 0.1) is 0 Å². The Morgan fingerprint density at radius 2 is 1.73 bits per heavy atom. The zero-order valence-electron chi connectivity index (χ0n) is 16.8. The zero-order valence-corrected chi connectivity index (χ0v) is 17.7. The van der Waals surface area contributed by atoms with Gasteiger partial charge in [0.2, 0.25) is 0 Å². The molecule has 0 atom stereocenters. The second-order valence-corrected chi connectivity index (χ2v) is 8.15. The molecule has 0 unspecified atom stereocenters. The Morgan fingerprint density at radius 1 is 0.967 bits per heavy atom. The van der Waals surface area contributed by atoms with Crippen LogP contribution in [0.1, 0.15) is 30.9 Å². The number of nitrogens with zero attached hydrogens (tertiary/aromatic N) is 1. The Labute approximate surface area is 180 Å². The summed E-state index contributed by atoms with van der Waals surface area (Å²) >= 11 is 0.984. The van der Waals surface area contributed by atoms with E-state index >= 15 is 0 Å². The van der Waals surface area contributed by atoms with Gasteiger partial charge in [0, 0.05) is 5.56 Å². The van der Waals surface area contributed by atoms with Crippen molar-refractivity contribution in [3.05, 3.63) is 82.8 Å². The van der Waals surface area contributed by atoms with E-state index in [1.807, 2.05) is 66.7 Å². The Kier molecular flexibility index (Phi) is 6.19. The van der Waals surface area contributed by atoms with Gasteiger partial charge in [-0.25, -0.2) is 0 Å². The Morgan fingerprint density at radius 3 is 2.53 bits per heavy atom. The summed E-state index contributed by atoms with van der Waals surface area (Å²) in [6.45, 7) is 3.01. The molecule has 3 aromatic carbocycles. The first-order chi connectivity index (χ1) is 14.7. The number of fused-ring (bicyclic) bond motifs is 1. The molecule has 0 spiro atoms. The van der Waals surface area contributed by atoms with Gasteiger partial charge in [-0.15, -0.1) is 0 Å². The summed E-state index contributed by atoms with van der Waals surface area (Å²) in [6, 6.07) is 21.5. The maximum atomic E-state index is 13.0. The van der Waals surface area contributed by atoms with E-state index in [1.54, 1.807) is 6.08 Å². The average molecular weight is 418 g/mol. The average Bonchev–Trinajstić information content (AvgIpc) is 3.03. The number of rotatable bonds is 7. The van der Waals surface area contributed by atoms with Crippen LogP contribution in [0.3, 0.4) is 0 Å². The van der Waals surface area contributed by atoms with Crippen LogP contribution in [-0.2, 0) is 11.3 Å². The van der Waals surface area contributed by atoms with E-state index in [2.05, 4.69) is 6.92 Å². The fourth-order valence-corrected chi connectivity index (χ4v) is 4.23. The van der Waals surface area contributed by atoms with Crippen molar-refractivity contribution in [3.63, 3.8) is 0 Å². The molecule has 3 aromatic rings. The molecule has 152 valence electrons. The Bertz CT molecular complexity index is 1110. The molecular weight excluding hydrogens is 394 g/mol. The highest BCUT2D eigenvalue weighted by Gasteiger charge is 2.35. The Hall–Kier alpha value is -3.05. The van der Waals surface area contributed by atoms with E-state index in [1.165, 1.54) is 4.90 Å². The van der Waals surface area contributed by atoms with Crippen molar-refractivity contribution in [3.8, 4) is 5.75 Å². The minimum Gasteiger partial charge on any atom is -0.493 e. The molecular formula is C25H23NO3S. The van der Waals surface area contributed by atoms with E-state index < -0.39 is 0 Å². The first-order valence-electron chi connectivity index (χ1n) is 10.1. The van der Waals surface area contributed by atoms with Crippen LogP contribution in [0.25, 0.3) is 16.8 Å². The van der Waals surface area contributed by atoms with Gasteiger partial charge < -0.3 is 4.74 Å². The first kappa shape index (κ1) is 20.2. The molecule has 0 aliphatic carbocycles. The standard InChI is InChI=1S/C25H23NO3S/c1-2-3-15-29-22-14-13-19-11-7-8-12-20(19)21(22)16-23-24(27)26(25(28)30-23)17-18-9-5-4-6-10-18/h4-14,16H,2-3,15,17H2,1H3/b23-16-. The molecule has 1 saturated heterocycles. The third-order valence-electron chi connectivity index (χ3n) is 5.02. The maximum absolute atomic E-state index is 13.0. The van der Waals surface area contributed by atoms with E-state index in [9.17, 15) is 9.59 Å². The second-order valence-electron chi connectivity index (χ2n) is 7.15. The number of unbranched alkanes of at least 4 members (excludes halogenated alkanes) is 1. The van der Waals surface area contributed by atoms with Crippen LogP contribution in [0.15, 0.2) is 71.6 Å². The smallest absolute Gasteiger partial charge is 0.293 e. The van der Waals surface area contributed by atoms with Crippen LogP contribution in [0.4, 0.5) is 4.79 Å². The van der Waals surface area contributed by atoms with E-state index in [-0.39, 0.29) is 17.7 Å². The number of imide groups is 1. The summed E-state index contributed by atoms with van der Waals surface area (Å²) in [7, 11) is 0. The van der Waals surface area contributed by atoms with E-state index in [0.29, 0.717) is 11.5 Å². The minimum atomic E-state index is -0.263. The van der Waals surface area contributed by atoms with Crippen molar-refractivity contribution in [2.24, 2.45) is 0 Å². The van der Waals surface area contributed by atoms with Crippen molar-refractivity contribution >= 4 is 39.8 Å². The number of carbonyl (C=O) groups excluding carboxylic acids is 2. The molecule has 0 saturated carbocycles. The number of thioether (sulfide) groups is 1. The monoisotopic (exact) mass is 417 g/mol. The lowest BCUT2D eigenvalue weighted by Crippen LogP contribution is -2.27. The van der Waals surface area contributed by atoms with Crippen molar-refractivity contribution in [1.29, 1.82) is 0 Å². The molecule has 4 rings (SSSR count). The van der Waals surface area contributed by atoms with Gasteiger partial charge in [-0.3, -0.25) is 14.5 Å². The quantitative estimate of drug-likeness (QED) is 0.336. The lowest BCUT2D eigenvalue weighted by Gasteiger charge is -2.13. The van der Waals surface area contributed by atoms with Crippen molar-refractivity contribution < 1.29 is 14.3 Å². The Balaban J connectivity index is 1.69. The fraction of sp³-hybridized carbons (Fsp3) is 0.200. The van der Waals surface area contributed by atoms with Gasteiger partial charge in [-0.2, -0.15) is 0 Å². The first-order valence-corrected chi connectivity index (χ1v) is 10.9. The molecule has 1 aliphatic heterocycles. The summed E-state index contributed by atoms with van der Waals surface area (Å²) in [5.74, 6) is 0.471. The summed E-state index contributed by atoms with van der Waals surface area (Å²) in [5, 5.41) is 1.82. The van der Waals surface area contributed by atoms with Crippen molar-refractivity contribution in [1.82, 2.24) is 4.90 Å². The van der Waals surface area contributed by atoms with Gasteiger partial charge in [0.05, 0.1) is 18.1 Å². The van der Waals surface area contributed by atoms with Gasteiger partial charge in [0.15, 0.2) is 0 Å². The molecule has 5 heteroatoms. The van der Waals surface area contributed by atoms with Gasteiger partial charge in [-0.1, -0.05) is 74.0 Å². The molecule has 1 aliphatic rings. The van der Waals surface area contributed by atoms with E-state index in [0.717, 1.165) is 52.3 Å². The topological polar surface area (TPSA) is 46.6 Å². The maximum Gasteiger partial charge on any atom is 0.293 e. The fourth-order valence-electron chi connectivity index (χ4n) is 3.41. The number of hydrogen-bond donors (Lipinski definition) is 0. The highest BCUT2D eigenvalue weighted by atomic mass is 32.2. The summed E-state index contributed by atoms with van der Waals surface area (Å²) in [6.07, 6.45) is 3.81. The highest BCUT2D eigenvalue weighted by molar-refractivity contribution is 8.18. The largest absolute Gasteiger partial charge is 0.493 e. The molecule has 0 N–H and O–H groups in total. The zero-order chi connectivity index (χ0) is 20.9. The number of carbonyl (C=O) groups is 2. The lowest BCUT2D eigenvalue weighted by atomic mass is 10.0. The summed E-state index contributed by atoms with van der Waals surface area (Å²) < 4.78 is 6.02. The highest BCUT2D eigenvalue weighted by Crippen LogP contribution is 2.37. The van der Waals surface area contributed by atoms with Gasteiger partial charge in [-0.05, 0) is 46.7 Å². The number of ether oxygens (including phenoxy) is 1. The van der Waals surface area contributed by atoms with Gasteiger partial charge in [0.1, 0.15) is 5.75 Å². The molecule has 0 aromatic heterocycles. The molecule has 2 amide bonds. The number of hydrogen-bond acceptors (Lipinski definition) is 4. The second kappa shape index (κ2) is 9.18.